The molecule has 0 aromatic heterocycles. The Morgan fingerprint density at radius 1 is 1.15 bits per heavy atom. The Morgan fingerprint density at radius 2 is 1.95 bits per heavy atom. The number of ketones is 1. The van der Waals surface area contributed by atoms with Crippen LogP contribution >= 0.6 is 11.6 Å². The molecule has 0 unspecified atom stereocenters. The molecule has 0 atom stereocenters. The second-order valence-corrected chi connectivity index (χ2v) is 5.08. The summed E-state index contributed by atoms with van der Waals surface area (Å²) >= 11 is 5.55. The summed E-state index contributed by atoms with van der Waals surface area (Å²) < 4.78 is 5.80. The zero-order valence-electron chi connectivity index (χ0n) is 11.7. The Morgan fingerprint density at radius 3 is 2.60 bits per heavy atom. The summed E-state index contributed by atoms with van der Waals surface area (Å²) in [5.74, 6) is 0.723. The van der Waals surface area contributed by atoms with E-state index in [9.17, 15) is 4.79 Å². The van der Waals surface area contributed by atoms with Crippen molar-refractivity contribution in [3.63, 3.8) is 0 Å². The Bertz CT molecular complexity index is 620. The number of alkyl halides is 1. The molecule has 0 N–H and O–H groups in total. The molecular weight excluding hydrogens is 272 g/mol. The molecular formula is C17H17ClO2. The quantitative estimate of drug-likeness (QED) is 0.605. The highest BCUT2D eigenvalue weighted by Gasteiger charge is 2.07. The standard InChI is InChI=1S/C17H17ClO2/c1-12-4-3-5-14(8-12)11-20-17-7-6-15(9-13(17)2)16(19)10-18/h3-9H,10-11H2,1-2H3. The third kappa shape index (κ3) is 3.61. The van der Waals surface area contributed by atoms with Crippen LogP contribution in [0.5, 0.6) is 5.75 Å². The fourth-order valence-corrected chi connectivity index (χ4v) is 2.18. The highest BCUT2D eigenvalue weighted by atomic mass is 35.5. The summed E-state index contributed by atoms with van der Waals surface area (Å²) in [5.41, 5.74) is 3.91. The van der Waals surface area contributed by atoms with Crippen molar-refractivity contribution in [2.75, 3.05) is 5.88 Å². The highest BCUT2D eigenvalue weighted by Crippen LogP contribution is 2.21. The minimum absolute atomic E-state index is 0.00291. The Kier molecular flexibility index (Phi) is 4.80. The van der Waals surface area contributed by atoms with Crippen molar-refractivity contribution >= 4 is 17.4 Å². The van der Waals surface area contributed by atoms with Gasteiger partial charge in [0.15, 0.2) is 5.78 Å². The van der Waals surface area contributed by atoms with Crippen molar-refractivity contribution in [3.05, 3.63) is 64.7 Å². The van der Waals surface area contributed by atoms with Crippen molar-refractivity contribution < 1.29 is 9.53 Å². The van der Waals surface area contributed by atoms with Gasteiger partial charge in [-0.25, -0.2) is 0 Å². The Balaban J connectivity index is 2.08. The molecule has 0 aliphatic rings. The van der Waals surface area contributed by atoms with Crippen LogP contribution in [0.1, 0.15) is 27.0 Å². The smallest absolute Gasteiger partial charge is 0.177 e. The number of ether oxygens (including phenoxy) is 1. The van der Waals surface area contributed by atoms with Crippen LogP contribution in [-0.2, 0) is 6.61 Å². The molecule has 2 rings (SSSR count). The van der Waals surface area contributed by atoms with Crippen LogP contribution in [-0.4, -0.2) is 11.7 Å². The lowest BCUT2D eigenvalue weighted by Crippen LogP contribution is -2.02. The highest BCUT2D eigenvalue weighted by molar-refractivity contribution is 6.30. The summed E-state index contributed by atoms with van der Waals surface area (Å²) in [6.45, 7) is 4.50. The van der Waals surface area contributed by atoms with Gasteiger partial charge in [0, 0.05) is 5.56 Å². The molecule has 0 spiro atoms. The molecule has 104 valence electrons. The first-order chi connectivity index (χ1) is 9.60. The molecule has 0 radical (unpaired) electrons. The predicted molar refractivity (Wildman–Crippen MR) is 81.7 cm³/mol. The predicted octanol–water partition coefficient (Wildman–Crippen LogP) is 4.30. The average Bonchev–Trinajstić information content (AvgIpc) is 2.45. The van der Waals surface area contributed by atoms with Crippen molar-refractivity contribution in [1.82, 2.24) is 0 Å². The number of carbonyl (C=O) groups is 1. The van der Waals surface area contributed by atoms with Gasteiger partial charge in [-0.15, -0.1) is 11.6 Å². The second-order valence-electron chi connectivity index (χ2n) is 4.81. The van der Waals surface area contributed by atoms with Crippen molar-refractivity contribution in [2.45, 2.75) is 20.5 Å². The number of Topliss-reactive ketones (excluding diaryl/α,β-unsaturated/α-hetero) is 1. The molecule has 2 nitrogen and oxygen atoms in total. The van der Waals surface area contributed by atoms with Gasteiger partial charge in [-0.3, -0.25) is 4.79 Å². The van der Waals surface area contributed by atoms with Crippen LogP contribution in [0.3, 0.4) is 0 Å². The largest absolute Gasteiger partial charge is 0.489 e. The monoisotopic (exact) mass is 288 g/mol. The van der Waals surface area contributed by atoms with E-state index < -0.39 is 0 Å². The van der Waals surface area contributed by atoms with E-state index in [0.717, 1.165) is 16.9 Å². The molecule has 0 aliphatic carbocycles. The van der Waals surface area contributed by atoms with Gasteiger partial charge in [0.05, 0.1) is 5.88 Å². The third-order valence-corrected chi connectivity index (χ3v) is 3.34. The lowest BCUT2D eigenvalue weighted by Gasteiger charge is -2.10. The van der Waals surface area contributed by atoms with Gasteiger partial charge >= 0.3 is 0 Å². The van der Waals surface area contributed by atoms with Gasteiger partial charge in [-0.2, -0.15) is 0 Å². The maximum Gasteiger partial charge on any atom is 0.177 e. The lowest BCUT2D eigenvalue weighted by atomic mass is 10.1. The zero-order valence-corrected chi connectivity index (χ0v) is 12.4. The molecule has 0 bridgehead atoms. The van der Waals surface area contributed by atoms with E-state index in [-0.39, 0.29) is 11.7 Å². The van der Waals surface area contributed by atoms with Gasteiger partial charge in [-0.05, 0) is 43.2 Å². The minimum atomic E-state index is -0.0694. The van der Waals surface area contributed by atoms with Crippen molar-refractivity contribution in [2.24, 2.45) is 0 Å². The second kappa shape index (κ2) is 6.58. The molecule has 3 heteroatoms. The lowest BCUT2D eigenvalue weighted by molar-refractivity contribution is 0.102. The average molecular weight is 289 g/mol. The zero-order chi connectivity index (χ0) is 14.5. The third-order valence-electron chi connectivity index (χ3n) is 3.10. The van der Waals surface area contributed by atoms with Gasteiger partial charge < -0.3 is 4.74 Å². The molecule has 0 aliphatic heterocycles. The van der Waals surface area contributed by atoms with Gasteiger partial charge in [0.1, 0.15) is 12.4 Å². The first kappa shape index (κ1) is 14.6. The van der Waals surface area contributed by atoms with E-state index in [1.165, 1.54) is 5.56 Å². The minimum Gasteiger partial charge on any atom is -0.489 e. The summed E-state index contributed by atoms with van der Waals surface area (Å²) in [7, 11) is 0. The fraction of sp³-hybridized carbons (Fsp3) is 0.235. The first-order valence-corrected chi connectivity index (χ1v) is 7.02. The maximum absolute atomic E-state index is 11.5. The van der Waals surface area contributed by atoms with E-state index >= 15 is 0 Å². The van der Waals surface area contributed by atoms with Crippen LogP contribution in [0.2, 0.25) is 0 Å². The van der Waals surface area contributed by atoms with E-state index in [4.69, 9.17) is 16.3 Å². The fourth-order valence-electron chi connectivity index (χ4n) is 2.02. The number of hydrogen-bond donors (Lipinski definition) is 0. The number of halogens is 1. The van der Waals surface area contributed by atoms with Gasteiger partial charge in [0.25, 0.3) is 0 Å². The molecule has 0 saturated carbocycles. The molecule has 2 aromatic carbocycles. The van der Waals surface area contributed by atoms with Crippen LogP contribution in [0.4, 0.5) is 0 Å². The van der Waals surface area contributed by atoms with Crippen LogP contribution in [0.15, 0.2) is 42.5 Å². The Labute approximate surface area is 124 Å². The molecule has 2 aromatic rings. The van der Waals surface area contributed by atoms with Crippen LogP contribution in [0, 0.1) is 13.8 Å². The van der Waals surface area contributed by atoms with Crippen molar-refractivity contribution in [1.29, 1.82) is 0 Å². The SMILES string of the molecule is Cc1cccc(COc2ccc(C(=O)CCl)cc2C)c1. The summed E-state index contributed by atoms with van der Waals surface area (Å²) in [6, 6.07) is 13.6. The van der Waals surface area contributed by atoms with Gasteiger partial charge in [-0.1, -0.05) is 29.8 Å². The van der Waals surface area contributed by atoms with Gasteiger partial charge in [0.2, 0.25) is 0 Å². The Hall–Kier alpha value is -1.80. The van der Waals surface area contributed by atoms with Crippen LogP contribution in [0.25, 0.3) is 0 Å². The number of aryl methyl sites for hydroxylation is 2. The number of carbonyl (C=O) groups excluding carboxylic acids is 1. The summed E-state index contributed by atoms with van der Waals surface area (Å²) in [6.07, 6.45) is 0. The maximum atomic E-state index is 11.5. The van der Waals surface area contributed by atoms with Crippen molar-refractivity contribution in [3.8, 4) is 5.75 Å². The number of benzene rings is 2. The first-order valence-electron chi connectivity index (χ1n) is 6.48. The van der Waals surface area contributed by atoms with E-state index in [0.29, 0.717) is 12.2 Å². The molecule has 20 heavy (non-hydrogen) atoms. The molecule has 0 fully saturated rings. The molecule has 0 saturated heterocycles. The summed E-state index contributed by atoms with van der Waals surface area (Å²) in [5, 5.41) is 0. The molecule has 0 amide bonds. The van der Waals surface area contributed by atoms with E-state index in [1.54, 1.807) is 6.07 Å². The number of hydrogen-bond acceptors (Lipinski definition) is 2. The van der Waals surface area contributed by atoms with E-state index in [1.807, 2.05) is 31.2 Å². The van der Waals surface area contributed by atoms with Crippen LogP contribution < -0.4 is 4.74 Å². The summed E-state index contributed by atoms with van der Waals surface area (Å²) in [4.78, 5) is 11.5. The number of rotatable bonds is 5. The normalized spacial score (nSPS) is 10.3. The topological polar surface area (TPSA) is 26.3 Å². The van der Waals surface area contributed by atoms with E-state index in [2.05, 4.69) is 19.1 Å². The molecule has 0 heterocycles.